The molecule has 3 heteroatoms. The van der Waals surface area contributed by atoms with E-state index in [0.29, 0.717) is 5.41 Å². The predicted molar refractivity (Wildman–Crippen MR) is 69.5 cm³/mol. The number of rotatable bonds is 2. The molecule has 0 aromatic heterocycles. The maximum Gasteiger partial charge on any atom is 0.0972 e. The summed E-state index contributed by atoms with van der Waals surface area (Å²) >= 11 is 0. The Kier molecular flexibility index (Phi) is 4.12. The van der Waals surface area contributed by atoms with Crippen LogP contribution in [0.4, 0.5) is 0 Å². The molecule has 1 aliphatic heterocycles. The molecule has 0 aromatic carbocycles. The summed E-state index contributed by atoms with van der Waals surface area (Å²) in [6.07, 6.45) is 2.80. The van der Waals surface area contributed by atoms with Gasteiger partial charge in [-0.3, -0.25) is 0 Å². The maximum absolute atomic E-state index is 2.63. The lowest BCUT2D eigenvalue weighted by atomic mass is 9.70. The van der Waals surface area contributed by atoms with Crippen molar-refractivity contribution in [1.82, 2.24) is 4.90 Å². The third-order valence-corrected chi connectivity index (χ3v) is 3.44. The normalized spacial score (nSPS) is 21.7. The van der Waals surface area contributed by atoms with Crippen molar-refractivity contribution in [1.29, 1.82) is 0 Å². The first-order valence-corrected chi connectivity index (χ1v) is 6.12. The Morgan fingerprint density at radius 2 is 1.71 bits per heavy atom. The molecule has 0 bridgehead atoms. The van der Waals surface area contributed by atoms with Crippen LogP contribution in [0.15, 0.2) is 0 Å². The van der Waals surface area contributed by atoms with Gasteiger partial charge in [0, 0.05) is 0 Å². The van der Waals surface area contributed by atoms with Gasteiger partial charge in [-0.2, -0.15) is 0 Å². The van der Waals surface area contributed by atoms with Crippen molar-refractivity contribution in [3.63, 3.8) is 0 Å². The van der Waals surface area contributed by atoms with Gasteiger partial charge in [-0.1, -0.05) is 26.5 Å². The molecule has 0 saturated carbocycles. The highest BCUT2D eigenvalue weighted by molar-refractivity contribution is 6.35. The third-order valence-electron chi connectivity index (χ3n) is 3.44. The molecule has 0 aliphatic carbocycles. The Morgan fingerprint density at radius 1 is 1.21 bits per heavy atom. The number of likely N-dealkylation sites (tertiary alicyclic amines) is 1. The molecular formula is C11H25B2N. The second-order valence-electron chi connectivity index (χ2n) is 6.33. The number of hydrogen-bond acceptors (Lipinski definition) is 1. The van der Waals surface area contributed by atoms with Crippen molar-refractivity contribution in [2.75, 3.05) is 19.6 Å². The molecule has 0 atom stereocenters. The fraction of sp³-hybridized carbons (Fsp3) is 1.00. The lowest BCUT2D eigenvalue weighted by Crippen LogP contribution is -2.39. The van der Waals surface area contributed by atoms with E-state index in [1.807, 2.05) is 0 Å². The third kappa shape index (κ3) is 3.68. The molecule has 0 N–H and O–H groups in total. The molecule has 1 heterocycles. The van der Waals surface area contributed by atoms with Crippen LogP contribution in [0.25, 0.3) is 0 Å². The standard InChI is InChI=1S/C11H25B2N/c1-11(2,3)9-4-6-14(7-5-9)8-10(12)13/h9-10H,4-8,12-13H2,1-3H3. The van der Waals surface area contributed by atoms with Gasteiger partial charge in [0.05, 0.1) is 15.7 Å². The van der Waals surface area contributed by atoms with Crippen LogP contribution in [0, 0.1) is 11.3 Å². The summed E-state index contributed by atoms with van der Waals surface area (Å²) in [7, 11) is 4.63. The lowest BCUT2D eigenvalue weighted by molar-refractivity contribution is 0.115. The first-order chi connectivity index (χ1) is 6.39. The lowest BCUT2D eigenvalue weighted by Gasteiger charge is -2.39. The number of nitrogens with zero attached hydrogens (tertiary/aromatic N) is 1. The quantitative estimate of drug-likeness (QED) is 0.585. The molecule has 1 nitrogen and oxygen atoms in total. The van der Waals surface area contributed by atoms with E-state index in [4.69, 9.17) is 0 Å². The van der Waals surface area contributed by atoms with E-state index in [1.165, 1.54) is 32.5 Å². The maximum atomic E-state index is 2.63. The van der Waals surface area contributed by atoms with Crippen molar-refractivity contribution >= 4 is 15.7 Å². The van der Waals surface area contributed by atoms with E-state index in [1.54, 1.807) is 0 Å². The molecule has 1 fully saturated rings. The molecule has 0 radical (unpaired) electrons. The smallest absolute Gasteiger partial charge is 0.0972 e. The highest BCUT2D eigenvalue weighted by atomic mass is 15.1. The van der Waals surface area contributed by atoms with Crippen LogP contribution in [-0.2, 0) is 0 Å². The summed E-state index contributed by atoms with van der Waals surface area (Å²) in [4.78, 5) is 2.63. The van der Waals surface area contributed by atoms with E-state index >= 15 is 0 Å². The molecule has 0 unspecified atom stereocenters. The van der Waals surface area contributed by atoms with Crippen LogP contribution in [0.2, 0.25) is 5.72 Å². The van der Waals surface area contributed by atoms with Gasteiger partial charge in [0.15, 0.2) is 0 Å². The van der Waals surface area contributed by atoms with Gasteiger partial charge in [0.2, 0.25) is 0 Å². The Hall–Kier alpha value is 0.0899. The fourth-order valence-electron chi connectivity index (χ4n) is 2.50. The molecule has 0 spiro atoms. The number of hydrogen-bond donors (Lipinski definition) is 0. The van der Waals surface area contributed by atoms with Crippen molar-refractivity contribution in [2.45, 2.75) is 39.3 Å². The van der Waals surface area contributed by atoms with Crippen LogP contribution in [0.1, 0.15) is 33.6 Å². The van der Waals surface area contributed by atoms with Gasteiger partial charge in [-0.15, -0.1) is 0 Å². The van der Waals surface area contributed by atoms with E-state index in [0.717, 1.165) is 11.6 Å². The summed E-state index contributed by atoms with van der Waals surface area (Å²) in [5.74, 6) is 0.936. The number of piperidine rings is 1. The van der Waals surface area contributed by atoms with Crippen LogP contribution >= 0.6 is 0 Å². The minimum Gasteiger partial charge on any atom is -0.304 e. The summed E-state index contributed by atoms with van der Waals surface area (Å²) in [6.45, 7) is 11.1. The van der Waals surface area contributed by atoms with Crippen LogP contribution in [0.5, 0.6) is 0 Å². The second kappa shape index (κ2) is 4.74. The SMILES string of the molecule is BC(B)CN1CCC(C(C)(C)C)CC1. The molecule has 0 amide bonds. The zero-order chi connectivity index (χ0) is 10.8. The average molecular weight is 193 g/mol. The van der Waals surface area contributed by atoms with Gasteiger partial charge in [0.25, 0.3) is 0 Å². The van der Waals surface area contributed by atoms with Crippen LogP contribution < -0.4 is 0 Å². The van der Waals surface area contributed by atoms with E-state index in [-0.39, 0.29) is 0 Å². The minimum absolute atomic E-state index is 0.518. The molecule has 1 saturated heterocycles. The Bertz CT molecular complexity index is 167. The Balaban J connectivity index is 2.31. The zero-order valence-corrected chi connectivity index (χ0v) is 10.6. The van der Waals surface area contributed by atoms with Gasteiger partial charge in [-0.05, 0) is 43.8 Å². The van der Waals surface area contributed by atoms with Gasteiger partial charge >= 0.3 is 0 Å². The highest BCUT2D eigenvalue weighted by Gasteiger charge is 2.28. The van der Waals surface area contributed by atoms with Crippen molar-refractivity contribution < 1.29 is 0 Å². The Morgan fingerprint density at radius 3 is 2.07 bits per heavy atom. The summed E-state index contributed by atoms with van der Waals surface area (Å²) < 4.78 is 0. The average Bonchev–Trinajstić information content (AvgIpc) is 2.02. The second-order valence-corrected chi connectivity index (χ2v) is 6.33. The first kappa shape index (κ1) is 12.2. The summed E-state index contributed by atoms with van der Waals surface area (Å²) in [6, 6.07) is 0. The van der Waals surface area contributed by atoms with E-state index < -0.39 is 0 Å². The van der Waals surface area contributed by atoms with Gasteiger partial charge in [-0.25, -0.2) is 0 Å². The molecule has 0 aromatic rings. The van der Waals surface area contributed by atoms with E-state index in [2.05, 4.69) is 41.4 Å². The Labute approximate surface area is 91.4 Å². The van der Waals surface area contributed by atoms with Crippen molar-refractivity contribution in [2.24, 2.45) is 11.3 Å². The van der Waals surface area contributed by atoms with Crippen molar-refractivity contribution in [3.8, 4) is 0 Å². The molecule has 14 heavy (non-hydrogen) atoms. The van der Waals surface area contributed by atoms with Gasteiger partial charge in [0.1, 0.15) is 0 Å². The highest BCUT2D eigenvalue weighted by Crippen LogP contribution is 2.34. The topological polar surface area (TPSA) is 3.24 Å². The summed E-state index contributed by atoms with van der Waals surface area (Å²) in [5, 5.41) is 0. The molecule has 80 valence electrons. The van der Waals surface area contributed by atoms with E-state index in [9.17, 15) is 0 Å². The molecule has 1 rings (SSSR count). The first-order valence-electron chi connectivity index (χ1n) is 6.12. The molecular weight excluding hydrogens is 168 g/mol. The minimum atomic E-state index is 0.518. The van der Waals surface area contributed by atoms with Crippen LogP contribution in [-0.4, -0.2) is 40.2 Å². The van der Waals surface area contributed by atoms with Crippen LogP contribution in [0.3, 0.4) is 0 Å². The van der Waals surface area contributed by atoms with Gasteiger partial charge < -0.3 is 4.90 Å². The zero-order valence-electron chi connectivity index (χ0n) is 10.6. The largest absolute Gasteiger partial charge is 0.304 e. The fourth-order valence-corrected chi connectivity index (χ4v) is 2.50. The monoisotopic (exact) mass is 193 g/mol. The molecule has 1 aliphatic rings. The summed E-state index contributed by atoms with van der Waals surface area (Å²) in [5.41, 5.74) is 1.34. The predicted octanol–water partition coefficient (Wildman–Crippen LogP) is 0.757. The van der Waals surface area contributed by atoms with Crippen molar-refractivity contribution in [3.05, 3.63) is 0 Å².